The lowest BCUT2D eigenvalue weighted by Crippen LogP contribution is -2.27. The van der Waals surface area contributed by atoms with E-state index in [2.05, 4.69) is 6.58 Å². The fourth-order valence-corrected chi connectivity index (χ4v) is 1.08. The number of allylic oxidation sites excluding steroid dienone is 1. The Bertz CT molecular complexity index is 200. The first-order valence-electron chi connectivity index (χ1n) is 4.58. The lowest BCUT2D eigenvalue weighted by molar-refractivity contribution is -0.0451. The van der Waals surface area contributed by atoms with Crippen LogP contribution in [0.5, 0.6) is 0 Å². The molecule has 0 aliphatic carbocycles. The Labute approximate surface area is 84.1 Å². The summed E-state index contributed by atoms with van der Waals surface area (Å²) in [5, 5.41) is 0. The summed E-state index contributed by atoms with van der Waals surface area (Å²) in [6.07, 6.45) is 3.00. The zero-order valence-electron chi connectivity index (χ0n) is 8.40. The van der Waals surface area contributed by atoms with Crippen LogP contribution in [0, 0.1) is 0 Å². The third kappa shape index (κ3) is 4.18. The molecule has 0 aromatic rings. The highest BCUT2D eigenvalue weighted by Crippen LogP contribution is 2.09. The van der Waals surface area contributed by atoms with Gasteiger partial charge in [0, 0.05) is 0 Å². The second-order valence-corrected chi connectivity index (χ2v) is 2.91. The van der Waals surface area contributed by atoms with Crippen LogP contribution in [0.1, 0.15) is 6.92 Å². The van der Waals surface area contributed by atoms with Crippen LogP contribution < -0.4 is 0 Å². The van der Waals surface area contributed by atoms with Crippen LogP contribution >= 0.6 is 0 Å². The molecule has 1 heterocycles. The van der Waals surface area contributed by atoms with Gasteiger partial charge in [-0.3, -0.25) is 0 Å². The Morgan fingerprint density at radius 3 is 3.21 bits per heavy atom. The van der Waals surface area contributed by atoms with Crippen molar-refractivity contribution in [3.8, 4) is 0 Å². The van der Waals surface area contributed by atoms with Crippen LogP contribution in [0.3, 0.4) is 0 Å². The average molecular weight is 200 g/mol. The van der Waals surface area contributed by atoms with Crippen molar-refractivity contribution in [2.75, 3.05) is 26.4 Å². The maximum atomic E-state index is 5.44. The average Bonchev–Trinajstić information content (AvgIpc) is 2.18. The summed E-state index contributed by atoms with van der Waals surface area (Å²) in [7, 11) is 0. The minimum atomic E-state index is -0.0104. The van der Waals surface area contributed by atoms with E-state index >= 15 is 0 Å². The van der Waals surface area contributed by atoms with E-state index < -0.39 is 0 Å². The molecule has 0 bridgehead atoms. The second kappa shape index (κ2) is 6.32. The van der Waals surface area contributed by atoms with Crippen molar-refractivity contribution in [3.05, 3.63) is 24.9 Å². The monoisotopic (exact) mass is 200 g/mol. The molecule has 0 aromatic carbocycles. The van der Waals surface area contributed by atoms with Gasteiger partial charge in [0.05, 0.1) is 19.5 Å². The minimum absolute atomic E-state index is 0.0104. The Balaban J connectivity index is 2.01. The van der Waals surface area contributed by atoms with Crippen LogP contribution in [0.4, 0.5) is 0 Å². The molecule has 0 N–H and O–H groups in total. The van der Waals surface area contributed by atoms with Gasteiger partial charge in [0.1, 0.15) is 25.2 Å². The molecule has 0 saturated heterocycles. The van der Waals surface area contributed by atoms with Crippen molar-refractivity contribution >= 4 is 0 Å². The molecule has 4 nitrogen and oxygen atoms in total. The summed E-state index contributed by atoms with van der Waals surface area (Å²) in [6.45, 7) is 7.40. The summed E-state index contributed by atoms with van der Waals surface area (Å²) in [5.74, 6) is 0.784. The van der Waals surface area contributed by atoms with E-state index in [0.29, 0.717) is 26.4 Å². The second-order valence-electron chi connectivity index (χ2n) is 2.91. The Kier molecular flexibility index (Phi) is 4.93. The van der Waals surface area contributed by atoms with Crippen LogP contribution in [0.15, 0.2) is 24.9 Å². The number of rotatable bonds is 6. The minimum Gasteiger partial charge on any atom is -0.499 e. The van der Waals surface area contributed by atoms with Crippen molar-refractivity contribution in [2.24, 2.45) is 0 Å². The Morgan fingerprint density at radius 1 is 1.64 bits per heavy atom. The largest absolute Gasteiger partial charge is 0.499 e. The van der Waals surface area contributed by atoms with Gasteiger partial charge < -0.3 is 18.9 Å². The van der Waals surface area contributed by atoms with E-state index in [0.717, 1.165) is 5.76 Å². The first-order valence-corrected chi connectivity index (χ1v) is 4.58. The van der Waals surface area contributed by atoms with E-state index in [9.17, 15) is 0 Å². The van der Waals surface area contributed by atoms with Gasteiger partial charge in [-0.1, -0.05) is 6.58 Å². The van der Waals surface area contributed by atoms with Crippen molar-refractivity contribution in [3.63, 3.8) is 0 Å². The molecule has 1 aliphatic heterocycles. The van der Waals surface area contributed by atoms with E-state index in [1.807, 2.05) is 6.92 Å². The van der Waals surface area contributed by atoms with Gasteiger partial charge in [0.25, 0.3) is 0 Å². The zero-order chi connectivity index (χ0) is 10.2. The van der Waals surface area contributed by atoms with Crippen molar-refractivity contribution in [1.82, 2.24) is 0 Å². The predicted octanol–water partition coefficient (Wildman–Crippen LogP) is 1.44. The fraction of sp³-hybridized carbons (Fsp3) is 0.600. The normalized spacial score (nSPS) is 20.4. The lowest BCUT2D eigenvalue weighted by Gasteiger charge is -2.22. The van der Waals surface area contributed by atoms with Gasteiger partial charge in [-0.15, -0.1) is 0 Å². The van der Waals surface area contributed by atoms with Crippen molar-refractivity contribution < 1.29 is 18.9 Å². The number of hydrogen-bond donors (Lipinski definition) is 0. The first-order chi connectivity index (χ1) is 6.83. The van der Waals surface area contributed by atoms with Crippen molar-refractivity contribution in [2.45, 2.75) is 13.0 Å². The molecule has 1 unspecified atom stereocenters. The summed E-state index contributed by atoms with van der Waals surface area (Å²) >= 11 is 0. The van der Waals surface area contributed by atoms with Gasteiger partial charge >= 0.3 is 0 Å². The molecule has 14 heavy (non-hydrogen) atoms. The topological polar surface area (TPSA) is 36.9 Å². The zero-order valence-corrected chi connectivity index (χ0v) is 8.40. The Hall–Kier alpha value is -1.16. The number of ether oxygens (including phenoxy) is 4. The van der Waals surface area contributed by atoms with Gasteiger partial charge in [-0.2, -0.15) is 0 Å². The highest BCUT2D eigenvalue weighted by molar-refractivity contribution is 4.86. The van der Waals surface area contributed by atoms with E-state index in [4.69, 9.17) is 18.9 Å². The SMILES string of the molecule is C=COCCOCC1COC=C(C)O1. The third-order valence-corrected chi connectivity index (χ3v) is 1.65. The molecule has 0 saturated carbocycles. The van der Waals surface area contributed by atoms with Crippen LogP contribution in [-0.4, -0.2) is 32.5 Å². The van der Waals surface area contributed by atoms with Gasteiger partial charge in [-0.05, 0) is 6.92 Å². The smallest absolute Gasteiger partial charge is 0.155 e. The fourth-order valence-electron chi connectivity index (χ4n) is 1.08. The molecular formula is C10H16O4. The van der Waals surface area contributed by atoms with Crippen LogP contribution in [0.2, 0.25) is 0 Å². The predicted molar refractivity (Wildman–Crippen MR) is 51.6 cm³/mol. The highest BCUT2D eigenvalue weighted by atomic mass is 16.6. The van der Waals surface area contributed by atoms with Gasteiger partial charge in [0.2, 0.25) is 0 Å². The highest BCUT2D eigenvalue weighted by Gasteiger charge is 2.14. The summed E-state index contributed by atoms with van der Waals surface area (Å²) < 4.78 is 20.8. The molecule has 80 valence electrons. The summed E-state index contributed by atoms with van der Waals surface area (Å²) in [5.41, 5.74) is 0. The third-order valence-electron chi connectivity index (χ3n) is 1.65. The molecular weight excluding hydrogens is 184 g/mol. The van der Waals surface area contributed by atoms with Crippen LogP contribution in [-0.2, 0) is 18.9 Å². The summed E-state index contributed by atoms with van der Waals surface area (Å²) in [6, 6.07) is 0. The molecule has 1 rings (SSSR count). The molecule has 1 aliphatic rings. The lowest BCUT2D eigenvalue weighted by atomic mass is 10.4. The molecule has 0 fully saturated rings. The Morgan fingerprint density at radius 2 is 2.50 bits per heavy atom. The molecule has 1 atom stereocenters. The van der Waals surface area contributed by atoms with Crippen molar-refractivity contribution in [1.29, 1.82) is 0 Å². The molecule has 0 spiro atoms. The van der Waals surface area contributed by atoms with Gasteiger partial charge in [0.15, 0.2) is 6.10 Å². The standard InChI is InChI=1S/C10H16O4/c1-3-11-4-5-12-7-10-8-13-6-9(2)14-10/h3,6,10H,1,4-5,7-8H2,2H3. The molecule has 0 radical (unpaired) electrons. The van der Waals surface area contributed by atoms with Gasteiger partial charge in [-0.25, -0.2) is 0 Å². The maximum absolute atomic E-state index is 5.44. The number of hydrogen-bond acceptors (Lipinski definition) is 4. The van der Waals surface area contributed by atoms with Crippen LogP contribution in [0.25, 0.3) is 0 Å². The van der Waals surface area contributed by atoms with E-state index in [1.165, 1.54) is 6.26 Å². The van der Waals surface area contributed by atoms with E-state index in [-0.39, 0.29) is 6.10 Å². The van der Waals surface area contributed by atoms with E-state index in [1.54, 1.807) is 6.26 Å². The first kappa shape index (κ1) is 10.9. The molecule has 0 amide bonds. The molecule has 4 heteroatoms. The summed E-state index contributed by atoms with van der Waals surface area (Å²) in [4.78, 5) is 0. The quantitative estimate of drug-likeness (QED) is 0.480. The molecule has 0 aromatic heterocycles. The maximum Gasteiger partial charge on any atom is 0.155 e.